The van der Waals surface area contributed by atoms with Gasteiger partial charge in [0.15, 0.2) is 0 Å². The molecule has 0 saturated carbocycles. The van der Waals surface area contributed by atoms with Gasteiger partial charge in [0.25, 0.3) is 0 Å². The maximum Gasteiger partial charge on any atom is 0.136 e. The van der Waals surface area contributed by atoms with E-state index in [1.54, 1.807) is 6.20 Å². The molecule has 96 valence electrons. The van der Waals surface area contributed by atoms with Gasteiger partial charge in [-0.25, -0.2) is 0 Å². The van der Waals surface area contributed by atoms with Crippen LogP contribution in [0.5, 0.6) is 0 Å². The van der Waals surface area contributed by atoms with E-state index in [4.69, 9.17) is 0 Å². The molecular formula is C12H19BrN2OS. The number of rotatable bonds is 4. The summed E-state index contributed by atoms with van der Waals surface area (Å²) in [5.41, 5.74) is 0.916. The molecule has 3 nitrogen and oxygen atoms in total. The summed E-state index contributed by atoms with van der Waals surface area (Å²) in [5, 5.41) is 0. The average Bonchev–Trinajstić information content (AvgIpc) is 2.24. The summed E-state index contributed by atoms with van der Waals surface area (Å²) < 4.78 is 15.9. The first-order valence-electron chi connectivity index (χ1n) is 5.64. The highest BCUT2D eigenvalue weighted by molar-refractivity contribution is 9.10. The van der Waals surface area contributed by atoms with Gasteiger partial charge in [-0.2, -0.15) is 0 Å². The first-order chi connectivity index (χ1) is 7.84. The van der Waals surface area contributed by atoms with E-state index in [2.05, 4.69) is 32.6 Å². The maximum atomic E-state index is 12.1. The standard InChI is InChI=1S/C12H19BrN2OS/c1-5-10(15-17(16)12(2,3)4)11-8-9(13)6-7-14-11/h6-8,10,15H,5H2,1-4H3/t10-,17?/m1/s1. The Bertz CT molecular complexity index is 368. The molecule has 1 rings (SSSR count). The number of halogens is 1. The van der Waals surface area contributed by atoms with Crippen LogP contribution in [0.4, 0.5) is 0 Å². The van der Waals surface area contributed by atoms with Crippen molar-refractivity contribution in [2.45, 2.75) is 44.9 Å². The summed E-state index contributed by atoms with van der Waals surface area (Å²) in [7, 11) is 0. The van der Waals surface area contributed by atoms with Gasteiger partial charge in [-0.05, 0) is 39.3 Å². The van der Waals surface area contributed by atoms with Gasteiger partial charge in [-0.3, -0.25) is 4.98 Å². The highest BCUT2D eigenvalue weighted by Crippen LogP contribution is 2.22. The van der Waals surface area contributed by atoms with Crippen LogP contribution >= 0.6 is 15.9 Å². The van der Waals surface area contributed by atoms with Gasteiger partial charge in [0.05, 0.1) is 11.7 Å². The van der Waals surface area contributed by atoms with Gasteiger partial charge in [-0.1, -0.05) is 22.9 Å². The van der Waals surface area contributed by atoms with Gasteiger partial charge >= 0.3 is 0 Å². The molecule has 0 saturated heterocycles. The van der Waals surface area contributed by atoms with E-state index in [1.807, 2.05) is 32.9 Å². The van der Waals surface area contributed by atoms with Gasteiger partial charge in [0.2, 0.25) is 0 Å². The van der Waals surface area contributed by atoms with Gasteiger partial charge in [0.1, 0.15) is 4.75 Å². The molecule has 0 radical (unpaired) electrons. The zero-order valence-electron chi connectivity index (χ0n) is 10.7. The van der Waals surface area contributed by atoms with Crippen LogP contribution in [-0.4, -0.2) is 14.3 Å². The van der Waals surface area contributed by atoms with Crippen molar-refractivity contribution in [1.82, 2.24) is 9.71 Å². The molecule has 17 heavy (non-hydrogen) atoms. The van der Waals surface area contributed by atoms with E-state index in [-0.39, 0.29) is 10.8 Å². The van der Waals surface area contributed by atoms with E-state index in [0.29, 0.717) is 0 Å². The minimum Gasteiger partial charge on any atom is -0.598 e. The Kier molecular flexibility index (Phi) is 5.44. The van der Waals surface area contributed by atoms with Gasteiger partial charge in [-0.15, -0.1) is 4.72 Å². The fraction of sp³-hybridized carbons (Fsp3) is 0.583. The smallest absolute Gasteiger partial charge is 0.136 e. The predicted molar refractivity (Wildman–Crippen MR) is 76.0 cm³/mol. The summed E-state index contributed by atoms with van der Waals surface area (Å²) in [6.45, 7) is 7.92. The van der Waals surface area contributed by atoms with Crippen molar-refractivity contribution in [2.75, 3.05) is 0 Å². The first-order valence-corrected chi connectivity index (χ1v) is 7.58. The lowest BCUT2D eigenvalue weighted by Gasteiger charge is -2.27. The molecule has 1 N–H and O–H groups in total. The van der Waals surface area contributed by atoms with E-state index < -0.39 is 11.4 Å². The highest BCUT2D eigenvalue weighted by atomic mass is 79.9. The van der Waals surface area contributed by atoms with Crippen LogP contribution in [0, 0.1) is 0 Å². The van der Waals surface area contributed by atoms with Gasteiger partial charge < -0.3 is 4.55 Å². The van der Waals surface area contributed by atoms with Crippen molar-refractivity contribution in [3.63, 3.8) is 0 Å². The second kappa shape index (κ2) is 6.18. The van der Waals surface area contributed by atoms with Crippen LogP contribution in [0.2, 0.25) is 0 Å². The molecule has 0 aliphatic heterocycles. The zero-order valence-corrected chi connectivity index (χ0v) is 13.1. The van der Waals surface area contributed by atoms with E-state index in [9.17, 15) is 4.55 Å². The van der Waals surface area contributed by atoms with E-state index in [0.717, 1.165) is 16.6 Å². The summed E-state index contributed by atoms with van der Waals surface area (Å²) in [6, 6.07) is 3.87. The lowest BCUT2D eigenvalue weighted by Crippen LogP contribution is -2.41. The summed E-state index contributed by atoms with van der Waals surface area (Å²) in [5.74, 6) is 0. The second-order valence-corrected chi connectivity index (χ2v) is 7.77. The Labute approximate surface area is 115 Å². The SMILES string of the molecule is CC[C@@H](N[S+]([O-])C(C)(C)C)c1cc(Br)ccn1. The third-order valence-corrected chi connectivity index (χ3v) is 4.42. The molecule has 0 aliphatic carbocycles. The lowest BCUT2D eigenvalue weighted by molar-refractivity contribution is 0.515. The monoisotopic (exact) mass is 318 g/mol. The van der Waals surface area contributed by atoms with Crippen molar-refractivity contribution < 1.29 is 4.55 Å². The Hall–Kier alpha value is -0.100. The van der Waals surface area contributed by atoms with Crippen molar-refractivity contribution in [1.29, 1.82) is 0 Å². The molecule has 5 heteroatoms. The fourth-order valence-corrected chi connectivity index (χ4v) is 2.52. The molecular weight excluding hydrogens is 300 g/mol. The minimum atomic E-state index is -1.08. The number of pyridine rings is 1. The lowest BCUT2D eigenvalue weighted by atomic mass is 10.1. The van der Waals surface area contributed by atoms with E-state index >= 15 is 0 Å². The van der Waals surface area contributed by atoms with Crippen molar-refractivity contribution in [3.8, 4) is 0 Å². The highest BCUT2D eigenvalue weighted by Gasteiger charge is 2.29. The third kappa shape index (κ3) is 4.58. The molecule has 2 atom stereocenters. The number of nitrogens with zero attached hydrogens (tertiary/aromatic N) is 1. The van der Waals surface area contributed by atoms with Crippen LogP contribution in [-0.2, 0) is 11.4 Å². The van der Waals surface area contributed by atoms with Crippen molar-refractivity contribution in [3.05, 3.63) is 28.5 Å². The normalized spacial score (nSPS) is 15.6. The molecule has 1 unspecified atom stereocenters. The van der Waals surface area contributed by atoms with E-state index in [1.165, 1.54) is 0 Å². The number of hydrogen-bond donors (Lipinski definition) is 1. The summed E-state index contributed by atoms with van der Waals surface area (Å²) >= 11 is 2.34. The largest absolute Gasteiger partial charge is 0.598 e. The van der Waals surface area contributed by atoms with Crippen molar-refractivity contribution >= 4 is 27.3 Å². The quantitative estimate of drug-likeness (QED) is 0.866. The van der Waals surface area contributed by atoms with Crippen LogP contribution in [0.15, 0.2) is 22.8 Å². The fourth-order valence-electron chi connectivity index (χ4n) is 1.27. The second-order valence-electron chi connectivity index (χ2n) is 4.86. The van der Waals surface area contributed by atoms with Crippen molar-refractivity contribution in [2.24, 2.45) is 0 Å². The predicted octanol–water partition coefficient (Wildman–Crippen LogP) is 3.35. The van der Waals surface area contributed by atoms with Crippen LogP contribution < -0.4 is 4.72 Å². The first kappa shape index (κ1) is 15.0. The summed E-state index contributed by atoms with van der Waals surface area (Å²) in [6.07, 6.45) is 2.61. The minimum absolute atomic E-state index is 0.0209. The average molecular weight is 319 g/mol. The molecule has 0 fully saturated rings. The molecule has 0 bridgehead atoms. The molecule has 0 amide bonds. The van der Waals surface area contributed by atoms with Crippen LogP contribution in [0.1, 0.15) is 45.9 Å². The van der Waals surface area contributed by atoms with Crippen LogP contribution in [0.25, 0.3) is 0 Å². The Morgan fingerprint density at radius 1 is 1.53 bits per heavy atom. The van der Waals surface area contributed by atoms with Crippen LogP contribution in [0.3, 0.4) is 0 Å². The molecule has 1 heterocycles. The Balaban J connectivity index is 2.79. The van der Waals surface area contributed by atoms with Gasteiger partial charge in [0, 0.05) is 22.0 Å². The summed E-state index contributed by atoms with van der Waals surface area (Å²) in [4.78, 5) is 4.32. The molecule has 1 aromatic rings. The number of hydrogen-bond acceptors (Lipinski definition) is 3. The Morgan fingerprint density at radius 2 is 2.18 bits per heavy atom. The Morgan fingerprint density at radius 3 is 2.65 bits per heavy atom. The molecule has 0 spiro atoms. The number of nitrogens with one attached hydrogen (secondary N) is 1. The molecule has 0 aliphatic rings. The third-order valence-electron chi connectivity index (χ3n) is 2.31. The molecule has 0 aromatic carbocycles. The molecule has 1 aromatic heterocycles. The zero-order chi connectivity index (χ0) is 13.1. The number of aromatic nitrogens is 1. The topological polar surface area (TPSA) is 48.0 Å². The maximum absolute atomic E-state index is 12.1.